The monoisotopic (exact) mass is 333 g/mol. The van der Waals surface area contributed by atoms with E-state index in [1.54, 1.807) is 44.6 Å². The van der Waals surface area contributed by atoms with Gasteiger partial charge in [-0.2, -0.15) is 0 Å². The topological polar surface area (TPSA) is 94.2 Å². The van der Waals surface area contributed by atoms with Crippen molar-refractivity contribution in [1.82, 2.24) is 14.3 Å². The van der Waals surface area contributed by atoms with Gasteiger partial charge in [-0.05, 0) is 30.7 Å². The number of hydrogen-bond acceptors (Lipinski definition) is 5. The first-order valence-corrected chi connectivity index (χ1v) is 8.38. The van der Waals surface area contributed by atoms with E-state index in [4.69, 9.17) is 4.42 Å². The molecule has 7 nitrogen and oxygen atoms in total. The Kier molecular flexibility index (Phi) is 3.78. The molecule has 0 radical (unpaired) electrons. The average molecular weight is 333 g/mol. The number of oxazole rings is 1. The van der Waals surface area contributed by atoms with E-state index in [0.29, 0.717) is 5.52 Å². The maximum atomic E-state index is 12.5. The van der Waals surface area contributed by atoms with E-state index in [1.165, 1.54) is 16.7 Å². The molecule has 2 heterocycles. The number of aryl methyl sites for hydroxylation is 1. The van der Waals surface area contributed by atoms with Crippen molar-refractivity contribution in [2.45, 2.75) is 17.9 Å². The minimum atomic E-state index is -3.75. The fraction of sp³-hybridized carbons (Fsp3) is 0.200. The summed E-state index contributed by atoms with van der Waals surface area (Å²) in [4.78, 5) is 15.5. The Hall–Kier alpha value is -2.45. The van der Waals surface area contributed by atoms with Gasteiger partial charge in [-0.3, -0.25) is 9.55 Å². The zero-order chi connectivity index (χ0) is 16.6. The van der Waals surface area contributed by atoms with Gasteiger partial charge in [0, 0.05) is 31.5 Å². The smallest absolute Gasteiger partial charge is 0.408 e. The highest BCUT2D eigenvalue weighted by Gasteiger charge is 2.20. The van der Waals surface area contributed by atoms with E-state index in [0.717, 1.165) is 5.56 Å². The summed E-state index contributed by atoms with van der Waals surface area (Å²) < 4.78 is 33.9. The molecular formula is C15H15N3O4S. The maximum Gasteiger partial charge on any atom is 0.419 e. The van der Waals surface area contributed by atoms with Gasteiger partial charge >= 0.3 is 5.76 Å². The third-order valence-electron chi connectivity index (χ3n) is 3.59. The van der Waals surface area contributed by atoms with Crippen molar-refractivity contribution in [2.24, 2.45) is 7.05 Å². The van der Waals surface area contributed by atoms with E-state index in [2.05, 4.69) is 9.71 Å². The molecule has 0 aliphatic rings. The summed E-state index contributed by atoms with van der Waals surface area (Å²) in [6.45, 7) is 1.73. The summed E-state index contributed by atoms with van der Waals surface area (Å²) in [5.41, 5.74) is 1.52. The van der Waals surface area contributed by atoms with E-state index >= 15 is 0 Å². The first-order valence-electron chi connectivity index (χ1n) is 6.90. The summed E-state index contributed by atoms with van der Waals surface area (Å²) in [5.74, 6) is -0.536. The number of benzene rings is 1. The Morgan fingerprint density at radius 3 is 2.78 bits per heavy atom. The van der Waals surface area contributed by atoms with E-state index < -0.39 is 21.8 Å². The third-order valence-corrected chi connectivity index (χ3v) is 5.13. The van der Waals surface area contributed by atoms with Crippen molar-refractivity contribution in [1.29, 1.82) is 0 Å². The van der Waals surface area contributed by atoms with E-state index in [1.807, 2.05) is 0 Å². The van der Waals surface area contributed by atoms with Crippen LogP contribution in [0.25, 0.3) is 11.1 Å². The lowest BCUT2D eigenvalue weighted by Crippen LogP contribution is -2.26. The van der Waals surface area contributed by atoms with Gasteiger partial charge in [-0.1, -0.05) is 6.07 Å². The summed E-state index contributed by atoms with van der Waals surface area (Å²) in [7, 11) is -2.19. The van der Waals surface area contributed by atoms with Crippen molar-refractivity contribution in [3.8, 4) is 0 Å². The van der Waals surface area contributed by atoms with Crippen LogP contribution in [0.1, 0.15) is 18.5 Å². The molecule has 0 fully saturated rings. The number of nitrogens with zero attached hydrogens (tertiary/aromatic N) is 2. The van der Waals surface area contributed by atoms with Gasteiger partial charge in [-0.25, -0.2) is 17.9 Å². The standard InChI is InChI=1S/C15H15N3O4S/c1-10(11-4-3-7-16-9-11)17-23(20,21)12-5-6-13-14(8-12)22-15(19)18(13)2/h3-10,17H,1-2H3. The molecule has 0 saturated carbocycles. The van der Waals surface area contributed by atoms with Crippen LogP contribution in [0.5, 0.6) is 0 Å². The van der Waals surface area contributed by atoms with Crippen LogP contribution in [0.4, 0.5) is 0 Å². The van der Waals surface area contributed by atoms with Crippen LogP contribution in [-0.4, -0.2) is 18.0 Å². The number of rotatable bonds is 4. The van der Waals surface area contributed by atoms with Gasteiger partial charge in [-0.15, -0.1) is 0 Å². The Morgan fingerprint density at radius 1 is 1.30 bits per heavy atom. The highest BCUT2D eigenvalue weighted by molar-refractivity contribution is 7.89. The molecule has 120 valence electrons. The van der Waals surface area contributed by atoms with E-state index in [9.17, 15) is 13.2 Å². The van der Waals surface area contributed by atoms with Crippen LogP contribution < -0.4 is 10.5 Å². The Morgan fingerprint density at radius 2 is 2.09 bits per heavy atom. The quantitative estimate of drug-likeness (QED) is 0.782. The third kappa shape index (κ3) is 2.90. The van der Waals surface area contributed by atoms with Gasteiger partial charge in [0.15, 0.2) is 5.58 Å². The molecule has 3 aromatic rings. The fourth-order valence-electron chi connectivity index (χ4n) is 2.28. The zero-order valence-electron chi connectivity index (χ0n) is 12.6. The number of fused-ring (bicyclic) bond motifs is 1. The van der Waals surface area contributed by atoms with Gasteiger partial charge in [0.2, 0.25) is 10.0 Å². The molecule has 3 rings (SSSR count). The summed E-state index contributed by atoms with van der Waals surface area (Å²) in [6.07, 6.45) is 3.22. The van der Waals surface area contributed by atoms with Gasteiger partial charge < -0.3 is 4.42 Å². The second kappa shape index (κ2) is 5.64. The number of nitrogens with one attached hydrogen (secondary N) is 1. The Bertz CT molecular complexity index is 1010. The normalized spacial score (nSPS) is 13.3. The maximum absolute atomic E-state index is 12.5. The van der Waals surface area contributed by atoms with Crippen LogP contribution in [0.15, 0.2) is 56.8 Å². The van der Waals surface area contributed by atoms with Crippen molar-refractivity contribution in [3.05, 3.63) is 58.8 Å². The summed E-state index contributed by atoms with van der Waals surface area (Å²) >= 11 is 0. The van der Waals surface area contributed by atoms with Crippen LogP contribution in [0.3, 0.4) is 0 Å². The first-order chi connectivity index (χ1) is 10.9. The zero-order valence-corrected chi connectivity index (χ0v) is 13.4. The highest BCUT2D eigenvalue weighted by atomic mass is 32.2. The second-order valence-corrected chi connectivity index (χ2v) is 6.90. The highest BCUT2D eigenvalue weighted by Crippen LogP contribution is 2.20. The van der Waals surface area contributed by atoms with Gasteiger partial charge in [0.25, 0.3) is 0 Å². The SMILES string of the molecule is CC(NS(=O)(=O)c1ccc2c(c1)oc(=O)n2C)c1cccnc1. The molecule has 1 unspecified atom stereocenters. The predicted octanol–water partition coefficient (Wildman–Crippen LogP) is 1.57. The lowest BCUT2D eigenvalue weighted by molar-refractivity contribution is 0.527. The number of pyridine rings is 1. The molecule has 0 aliphatic heterocycles. The molecule has 23 heavy (non-hydrogen) atoms. The van der Waals surface area contributed by atoms with E-state index in [-0.39, 0.29) is 10.5 Å². The summed E-state index contributed by atoms with van der Waals surface area (Å²) in [5, 5.41) is 0. The number of hydrogen-bond donors (Lipinski definition) is 1. The van der Waals surface area contributed by atoms with Crippen molar-refractivity contribution in [3.63, 3.8) is 0 Å². The minimum absolute atomic E-state index is 0.0371. The van der Waals surface area contributed by atoms with Crippen molar-refractivity contribution >= 4 is 21.1 Å². The first kappa shape index (κ1) is 15.4. The molecule has 8 heteroatoms. The van der Waals surface area contributed by atoms with Crippen LogP contribution in [-0.2, 0) is 17.1 Å². The van der Waals surface area contributed by atoms with Crippen molar-refractivity contribution < 1.29 is 12.8 Å². The molecule has 1 atom stereocenters. The molecular weight excluding hydrogens is 318 g/mol. The lowest BCUT2D eigenvalue weighted by Gasteiger charge is -2.14. The van der Waals surface area contributed by atoms with Gasteiger partial charge in [0.1, 0.15) is 0 Å². The predicted molar refractivity (Wildman–Crippen MR) is 84.4 cm³/mol. The molecule has 1 N–H and O–H groups in total. The fourth-order valence-corrected chi connectivity index (χ4v) is 3.53. The van der Waals surface area contributed by atoms with Crippen LogP contribution >= 0.6 is 0 Å². The molecule has 2 aromatic heterocycles. The summed E-state index contributed by atoms with van der Waals surface area (Å²) in [6, 6.07) is 7.42. The Balaban J connectivity index is 1.95. The van der Waals surface area contributed by atoms with Gasteiger partial charge in [0.05, 0.1) is 10.4 Å². The molecule has 1 aromatic carbocycles. The molecule has 0 saturated heterocycles. The van der Waals surface area contributed by atoms with Crippen molar-refractivity contribution in [2.75, 3.05) is 0 Å². The average Bonchev–Trinajstić information content (AvgIpc) is 2.82. The number of sulfonamides is 1. The number of aromatic nitrogens is 2. The van der Waals surface area contributed by atoms with Crippen LogP contribution in [0, 0.1) is 0 Å². The minimum Gasteiger partial charge on any atom is -0.408 e. The van der Waals surface area contributed by atoms with Crippen LogP contribution in [0.2, 0.25) is 0 Å². The molecule has 0 spiro atoms. The second-order valence-electron chi connectivity index (χ2n) is 5.19. The molecule has 0 bridgehead atoms. The largest absolute Gasteiger partial charge is 0.419 e. The molecule has 0 aliphatic carbocycles. The Labute approximate surface area is 132 Å². The molecule has 0 amide bonds. The lowest BCUT2D eigenvalue weighted by atomic mass is 10.2.